The Hall–Kier alpha value is -3.72. The van der Waals surface area contributed by atoms with Crippen molar-refractivity contribution in [1.82, 2.24) is 14.7 Å². The van der Waals surface area contributed by atoms with Gasteiger partial charge in [0.15, 0.2) is 0 Å². The number of carboxylic acid groups (broad SMARTS) is 2. The Morgan fingerprint density at radius 2 is 1.20 bits per heavy atom. The number of benzene rings is 3. The molecule has 2 saturated heterocycles. The Bertz CT molecular complexity index is 1240. The third kappa shape index (κ3) is 8.39. The van der Waals surface area contributed by atoms with E-state index in [4.69, 9.17) is 31.4 Å². The van der Waals surface area contributed by atoms with Crippen molar-refractivity contribution in [3.63, 3.8) is 0 Å². The van der Waals surface area contributed by atoms with Crippen molar-refractivity contribution in [3.8, 4) is 0 Å². The van der Waals surface area contributed by atoms with E-state index in [9.17, 15) is 4.79 Å². The molecule has 2 aliphatic rings. The predicted octanol–water partition coefficient (Wildman–Crippen LogP) is 4.64. The van der Waals surface area contributed by atoms with Crippen LogP contribution in [0, 0.1) is 5.92 Å². The van der Waals surface area contributed by atoms with Crippen LogP contribution in [0.1, 0.15) is 35.6 Å². The van der Waals surface area contributed by atoms with E-state index in [0.717, 1.165) is 63.7 Å². The van der Waals surface area contributed by atoms with E-state index in [1.54, 1.807) is 0 Å². The Labute approximate surface area is 245 Å². The van der Waals surface area contributed by atoms with Crippen LogP contribution in [0.3, 0.4) is 0 Å². The van der Waals surface area contributed by atoms with E-state index >= 15 is 0 Å². The first kappa shape index (κ1) is 30.2. The van der Waals surface area contributed by atoms with Crippen molar-refractivity contribution in [1.29, 1.82) is 0 Å². The van der Waals surface area contributed by atoms with Crippen molar-refractivity contribution >= 4 is 29.4 Å². The van der Waals surface area contributed by atoms with Crippen LogP contribution in [0.15, 0.2) is 84.9 Å². The van der Waals surface area contributed by atoms with Crippen molar-refractivity contribution in [2.75, 3.05) is 39.3 Å². The highest BCUT2D eigenvalue weighted by Crippen LogP contribution is 2.30. The Balaban J connectivity index is 0.000000585. The van der Waals surface area contributed by atoms with Gasteiger partial charge in [0.05, 0.1) is 6.04 Å². The van der Waals surface area contributed by atoms with Gasteiger partial charge < -0.3 is 15.1 Å². The lowest BCUT2D eigenvalue weighted by Crippen LogP contribution is -2.52. The van der Waals surface area contributed by atoms with Crippen LogP contribution in [-0.2, 0) is 20.9 Å². The molecule has 0 spiro atoms. The van der Waals surface area contributed by atoms with Gasteiger partial charge in [-0.1, -0.05) is 90.5 Å². The average Bonchev–Trinajstić information content (AvgIpc) is 3.00. The molecule has 8 nitrogen and oxygen atoms in total. The zero-order chi connectivity index (χ0) is 29.2. The van der Waals surface area contributed by atoms with Gasteiger partial charge in [0.2, 0.25) is 5.91 Å². The first-order valence-electron chi connectivity index (χ1n) is 13.9. The smallest absolute Gasteiger partial charge is 0.414 e. The second kappa shape index (κ2) is 14.8. The summed E-state index contributed by atoms with van der Waals surface area (Å²) in [4.78, 5) is 38.6. The average molecular weight is 578 g/mol. The number of likely N-dealkylation sites (tertiary alicyclic amines) is 1. The molecule has 0 saturated carbocycles. The summed E-state index contributed by atoms with van der Waals surface area (Å²) in [5, 5.41) is 15.6. The van der Waals surface area contributed by atoms with E-state index in [0.29, 0.717) is 5.91 Å². The Kier molecular flexibility index (Phi) is 10.9. The van der Waals surface area contributed by atoms with Gasteiger partial charge in [-0.3, -0.25) is 14.6 Å². The first-order valence-corrected chi connectivity index (χ1v) is 14.3. The third-order valence-corrected chi connectivity index (χ3v) is 8.06. The van der Waals surface area contributed by atoms with Gasteiger partial charge in [-0.25, -0.2) is 9.59 Å². The normalized spacial score (nSPS) is 16.6. The minimum atomic E-state index is -1.82. The SMILES string of the molecule is O=C(C1CCN(Cc2ccccc2Cl)CC1)N1CCN(C(c2ccccc2)c2ccccc2)CC1.O=C(O)C(=O)O. The topological polar surface area (TPSA) is 101 Å². The summed E-state index contributed by atoms with van der Waals surface area (Å²) in [6.07, 6.45) is 1.86. The second-order valence-electron chi connectivity index (χ2n) is 10.3. The van der Waals surface area contributed by atoms with Crippen molar-refractivity contribution in [2.45, 2.75) is 25.4 Å². The summed E-state index contributed by atoms with van der Waals surface area (Å²) in [6.45, 7) is 6.15. The van der Waals surface area contributed by atoms with Crippen LogP contribution < -0.4 is 0 Å². The molecular formula is C32H36ClN3O5. The Morgan fingerprint density at radius 3 is 1.68 bits per heavy atom. The largest absolute Gasteiger partial charge is 0.473 e. The molecular weight excluding hydrogens is 542 g/mol. The number of carbonyl (C=O) groups is 3. The predicted molar refractivity (Wildman–Crippen MR) is 158 cm³/mol. The van der Waals surface area contributed by atoms with Gasteiger partial charge >= 0.3 is 11.9 Å². The van der Waals surface area contributed by atoms with Gasteiger partial charge in [-0.15, -0.1) is 0 Å². The summed E-state index contributed by atoms with van der Waals surface area (Å²) in [5.74, 6) is -3.16. The van der Waals surface area contributed by atoms with E-state index in [1.807, 2.05) is 18.2 Å². The molecule has 2 heterocycles. The lowest BCUT2D eigenvalue weighted by Gasteiger charge is -2.41. The minimum absolute atomic E-state index is 0.142. The maximum atomic E-state index is 13.4. The number of aliphatic carboxylic acids is 2. The molecule has 0 unspecified atom stereocenters. The number of hydrogen-bond donors (Lipinski definition) is 2. The Morgan fingerprint density at radius 1 is 0.707 bits per heavy atom. The molecule has 0 radical (unpaired) electrons. The molecule has 0 bridgehead atoms. The monoisotopic (exact) mass is 577 g/mol. The van der Waals surface area contributed by atoms with E-state index in [1.165, 1.54) is 16.7 Å². The molecule has 3 aromatic rings. The van der Waals surface area contributed by atoms with E-state index in [-0.39, 0.29) is 12.0 Å². The number of carboxylic acids is 2. The minimum Gasteiger partial charge on any atom is -0.473 e. The van der Waals surface area contributed by atoms with E-state index < -0.39 is 11.9 Å². The fourth-order valence-corrected chi connectivity index (χ4v) is 5.74. The lowest BCUT2D eigenvalue weighted by molar-refractivity contribution is -0.159. The maximum Gasteiger partial charge on any atom is 0.414 e. The van der Waals surface area contributed by atoms with Gasteiger partial charge in [-0.2, -0.15) is 0 Å². The van der Waals surface area contributed by atoms with Gasteiger partial charge in [-0.05, 0) is 48.7 Å². The van der Waals surface area contributed by atoms with Crippen molar-refractivity contribution < 1.29 is 24.6 Å². The van der Waals surface area contributed by atoms with Gasteiger partial charge in [0.25, 0.3) is 0 Å². The van der Waals surface area contributed by atoms with Crippen LogP contribution in [0.2, 0.25) is 5.02 Å². The van der Waals surface area contributed by atoms with Crippen molar-refractivity contribution in [3.05, 3.63) is 107 Å². The van der Waals surface area contributed by atoms with Crippen LogP contribution in [0.25, 0.3) is 0 Å². The molecule has 1 amide bonds. The summed E-state index contributed by atoms with van der Waals surface area (Å²) in [6, 6.07) is 29.7. The number of carbonyl (C=O) groups excluding carboxylic acids is 1. The lowest BCUT2D eigenvalue weighted by atomic mass is 9.94. The van der Waals surface area contributed by atoms with Crippen LogP contribution >= 0.6 is 11.6 Å². The van der Waals surface area contributed by atoms with E-state index in [2.05, 4.69) is 81.4 Å². The number of piperidine rings is 1. The molecule has 0 aromatic heterocycles. The highest BCUT2D eigenvalue weighted by molar-refractivity contribution is 6.31. The summed E-state index contributed by atoms with van der Waals surface area (Å²) < 4.78 is 0. The quantitative estimate of drug-likeness (QED) is 0.412. The van der Waals surface area contributed by atoms with Gasteiger partial charge in [0, 0.05) is 43.7 Å². The molecule has 216 valence electrons. The van der Waals surface area contributed by atoms with Crippen LogP contribution in [0.5, 0.6) is 0 Å². The van der Waals surface area contributed by atoms with Crippen LogP contribution in [-0.4, -0.2) is 82.0 Å². The fourth-order valence-electron chi connectivity index (χ4n) is 5.55. The molecule has 2 N–H and O–H groups in total. The highest BCUT2D eigenvalue weighted by atomic mass is 35.5. The second-order valence-corrected chi connectivity index (χ2v) is 10.7. The summed E-state index contributed by atoms with van der Waals surface area (Å²) in [5.41, 5.74) is 3.79. The zero-order valence-corrected chi connectivity index (χ0v) is 23.7. The molecule has 0 aliphatic carbocycles. The number of amides is 1. The molecule has 3 aromatic carbocycles. The molecule has 9 heteroatoms. The van der Waals surface area contributed by atoms with Crippen LogP contribution in [0.4, 0.5) is 0 Å². The van der Waals surface area contributed by atoms with Crippen molar-refractivity contribution in [2.24, 2.45) is 5.92 Å². The first-order chi connectivity index (χ1) is 19.8. The standard InChI is InChI=1S/C30H34ClN3O.C2H2O4/c31-28-14-8-7-13-27(28)23-32-17-15-26(16-18-32)30(35)34-21-19-33(20-22-34)29(24-9-3-1-4-10-24)25-11-5-2-6-12-25;3-1(4)2(5)6/h1-14,26,29H,15-23H2;(H,3,4)(H,5,6). The summed E-state index contributed by atoms with van der Waals surface area (Å²) >= 11 is 6.34. The zero-order valence-electron chi connectivity index (χ0n) is 22.9. The molecule has 2 aliphatic heterocycles. The number of rotatable bonds is 6. The highest BCUT2D eigenvalue weighted by Gasteiger charge is 2.32. The number of piperazine rings is 1. The number of halogens is 1. The van der Waals surface area contributed by atoms with Gasteiger partial charge in [0.1, 0.15) is 0 Å². The molecule has 41 heavy (non-hydrogen) atoms. The number of hydrogen-bond acceptors (Lipinski definition) is 5. The number of nitrogens with zero attached hydrogens (tertiary/aromatic N) is 3. The fraction of sp³-hybridized carbons (Fsp3) is 0.344. The molecule has 5 rings (SSSR count). The third-order valence-electron chi connectivity index (χ3n) is 7.69. The molecule has 2 fully saturated rings. The molecule has 0 atom stereocenters. The maximum absolute atomic E-state index is 13.4. The summed E-state index contributed by atoms with van der Waals surface area (Å²) in [7, 11) is 0.